The maximum atomic E-state index is 13.2. The Hall–Kier alpha value is -3.05. The largest absolute Gasteiger partial charge is 0.496 e. The van der Waals surface area contributed by atoms with Gasteiger partial charge in [0, 0.05) is 19.2 Å². The van der Waals surface area contributed by atoms with Crippen LogP contribution in [0.3, 0.4) is 0 Å². The molecule has 0 aliphatic carbocycles. The summed E-state index contributed by atoms with van der Waals surface area (Å²) in [5, 5.41) is 0. The number of methoxy groups -OCH3 is 2. The molecule has 0 N–H and O–H groups in total. The summed E-state index contributed by atoms with van der Waals surface area (Å²) in [6.45, 7) is 3.80. The lowest BCUT2D eigenvalue weighted by Crippen LogP contribution is -2.23. The zero-order chi connectivity index (χ0) is 20.5. The van der Waals surface area contributed by atoms with Crippen molar-refractivity contribution in [2.45, 2.75) is 13.3 Å². The molecular formula is C24H25NO4. The molecule has 0 spiro atoms. The topological polar surface area (TPSA) is 48.0 Å². The summed E-state index contributed by atoms with van der Waals surface area (Å²) >= 11 is 0. The first-order valence-corrected chi connectivity index (χ1v) is 9.70. The van der Waals surface area contributed by atoms with E-state index in [0.29, 0.717) is 28.6 Å². The number of fused-ring (bicyclic) bond motifs is 1. The number of hydrogen-bond acceptors (Lipinski definition) is 5. The number of allylic oxidation sites excluding steroid dienone is 1. The first-order valence-electron chi connectivity index (χ1n) is 9.70. The second kappa shape index (κ2) is 7.76. The van der Waals surface area contributed by atoms with Crippen LogP contribution < -0.4 is 14.2 Å². The number of Topliss-reactive ketones (excluding diaryl/α,β-unsaturated/α-hetero) is 1. The molecule has 0 fully saturated rings. The van der Waals surface area contributed by atoms with Crippen LogP contribution in [0.25, 0.3) is 11.6 Å². The highest BCUT2D eigenvalue weighted by Crippen LogP contribution is 2.49. The highest BCUT2D eigenvalue weighted by Gasteiger charge is 2.36. The average Bonchev–Trinajstić information content (AvgIpc) is 3.05. The normalized spacial score (nSPS) is 17.7. The summed E-state index contributed by atoms with van der Waals surface area (Å²) < 4.78 is 17.3. The van der Waals surface area contributed by atoms with E-state index < -0.39 is 0 Å². The van der Waals surface area contributed by atoms with Gasteiger partial charge in [0.25, 0.3) is 0 Å². The van der Waals surface area contributed by atoms with Gasteiger partial charge >= 0.3 is 0 Å². The van der Waals surface area contributed by atoms with Crippen LogP contribution in [0, 0.1) is 6.92 Å². The lowest BCUT2D eigenvalue weighted by atomic mass is 9.94. The van der Waals surface area contributed by atoms with Crippen molar-refractivity contribution in [1.82, 2.24) is 4.90 Å². The quantitative estimate of drug-likeness (QED) is 0.726. The lowest BCUT2D eigenvalue weighted by molar-refractivity contribution is 0.101. The van der Waals surface area contributed by atoms with Crippen molar-refractivity contribution in [2.75, 3.05) is 34.4 Å². The van der Waals surface area contributed by atoms with E-state index in [-0.39, 0.29) is 5.78 Å². The van der Waals surface area contributed by atoms with Gasteiger partial charge in [-0.2, -0.15) is 0 Å². The van der Waals surface area contributed by atoms with E-state index >= 15 is 0 Å². The number of ether oxygens (including phenoxy) is 3. The molecule has 2 heterocycles. The summed E-state index contributed by atoms with van der Waals surface area (Å²) in [5.74, 6) is 1.78. The predicted molar refractivity (Wildman–Crippen MR) is 114 cm³/mol. The van der Waals surface area contributed by atoms with Crippen molar-refractivity contribution >= 4 is 17.4 Å². The second-order valence-electron chi connectivity index (χ2n) is 7.40. The molecule has 2 aromatic rings. The Morgan fingerprint density at radius 2 is 1.83 bits per heavy atom. The number of carbonyl (C=O) groups excluding carboxylic acids is 1. The van der Waals surface area contributed by atoms with Crippen molar-refractivity contribution in [3.63, 3.8) is 0 Å². The van der Waals surface area contributed by atoms with Crippen LogP contribution in [0.4, 0.5) is 0 Å². The fraction of sp³-hybridized carbons (Fsp3) is 0.292. The molecule has 0 bridgehead atoms. The molecule has 0 unspecified atom stereocenters. The van der Waals surface area contributed by atoms with Crippen molar-refractivity contribution in [2.24, 2.45) is 0 Å². The summed E-state index contributed by atoms with van der Waals surface area (Å²) in [4.78, 5) is 15.5. The molecule has 5 heteroatoms. The Balaban J connectivity index is 1.87. The molecule has 0 atom stereocenters. The second-order valence-corrected chi connectivity index (χ2v) is 7.40. The Morgan fingerprint density at radius 1 is 1.10 bits per heavy atom. The third kappa shape index (κ3) is 3.42. The standard InChI is InChI=1S/C24H25NO4/c1-15-7-5-6-8-17(15)13-20-23(26)22-19(28-4)14-18(27-3)21(24(22)29-20)16-9-11-25(2)12-10-16/h5-9,13-14H,10-12H2,1-4H3/b20-13+. The van der Waals surface area contributed by atoms with Crippen LogP contribution in [0.1, 0.15) is 33.5 Å². The molecule has 2 aliphatic heterocycles. The van der Waals surface area contributed by atoms with Crippen molar-refractivity contribution in [1.29, 1.82) is 0 Å². The summed E-state index contributed by atoms with van der Waals surface area (Å²) in [5.41, 5.74) is 4.47. The summed E-state index contributed by atoms with van der Waals surface area (Å²) in [6.07, 6.45) is 4.83. The molecule has 0 amide bonds. The van der Waals surface area contributed by atoms with Crippen molar-refractivity contribution in [3.05, 3.63) is 64.4 Å². The van der Waals surface area contributed by atoms with E-state index in [1.54, 1.807) is 26.4 Å². The smallest absolute Gasteiger partial charge is 0.235 e. The molecule has 2 aliphatic rings. The van der Waals surface area contributed by atoms with Gasteiger partial charge in [0.15, 0.2) is 11.5 Å². The Kier molecular flexibility index (Phi) is 5.16. The van der Waals surface area contributed by atoms with Gasteiger partial charge < -0.3 is 19.1 Å². The zero-order valence-corrected chi connectivity index (χ0v) is 17.2. The van der Waals surface area contributed by atoms with E-state index in [0.717, 1.165) is 41.8 Å². The van der Waals surface area contributed by atoms with Gasteiger partial charge in [-0.25, -0.2) is 0 Å². The number of benzene rings is 2. The number of hydrogen-bond donors (Lipinski definition) is 0. The van der Waals surface area contributed by atoms with Crippen LogP contribution >= 0.6 is 0 Å². The van der Waals surface area contributed by atoms with Crippen molar-refractivity contribution < 1.29 is 19.0 Å². The highest BCUT2D eigenvalue weighted by atomic mass is 16.5. The highest BCUT2D eigenvalue weighted by molar-refractivity contribution is 6.17. The monoisotopic (exact) mass is 391 g/mol. The van der Waals surface area contributed by atoms with E-state index in [1.807, 2.05) is 31.2 Å². The number of ketones is 1. The molecule has 5 nitrogen and oxygen atoms in total. The van der Waals surface area contributed by atoms with E-state index in [9.17, 15) is 4.79 Å². The SMILES string of the molecule is COc1cc(OC)c(C2=CCN(C)CC2)c2c1C(=O)/C(=C\c1ccccc1C)O2. The average molecular weight is 391 g/mol. The first-order chi connectivity index (χ1) is 14.0. The third-order valence-electron chi connectivity index (χ3n) is 5.52. The van der Waals surface area contributed by atoms with Gasteiger partial charge in [0.1, 0.15) is 17.1 Å². The zero-order valence-electron chi connectivity index (χ0n) is 17.2. The van der Waals surface area contributed by atoms with Crippen LogP contribution in [-0.2, 0) is 0 Å². The number of likely N-dealkylation sites (N-methyl/N-ethyl adjacent to an activating group) is 1. The molecule has 0 radical (unpaired) electrons. The lowest BCUT2D eigenvalue weighted by Gasteiger charge is -2.24. The van der Waals surface area contributed by atoms with Crippen LogP contribution in [0.5, 0.6) is 17.2 Å². The molecule has 150 valence electrons. The number of rotatable bonds is 4. The van der Waals surface area contributed by atoms with Gasteiger partial charge in [-0.1, -0.05) is 30.3 Å². The maximum Gasteiger partial charge on any atom is 0.235 e. The van der Waals surface area contributed by atoms with Crippen LogP contribution in [0.2, 0.25) is 0 Å². The summed E-state index contributed by atoms with van der Waals surface area (Å²) in [7, 11) is 5.27. The van der Waals surface area contributed by atoms with E-state index in [2.05, 4.69) is 18.0 Å². The fourth-order valence-corrected chi connectivity index (χ4v) is 3.82. The van der Waals surface area contributed by atoms with Gasteiger partial charge in [0.2, 0.25) is 5.78 Å². The fourth-order valence-electron chi connectivity index (χ4n) is 3.82. The van der Waals surface area contributed by atoms with Gasteiger partial charge in [-0.15, -0.1) is 0 Å². The van der Waals surface area contributed by atoms with Crippen LogP contribution in [0.15, 0.2) is 42.2 Å². The minimum atomic E-state index is -0.169. The molecule has 29 heavy (non-hydrogen) atoms. The summed E-state index contributed by atoms with van der Waals surface area (Å²) in [6, 6.07) is 9.69. The molecule has 0 saturated carbocycles. The number of aryl methyl sites for hydroxylation is 1. The molecule has 4 rings (SSSR count). The Morgan fingerprint density at radius 3 is 2.48 bits per heavy atom. The minimum Gasteiger partial charge on any atom is -0.496 e. The third-order valence-corrected chi connectivity index (χ3v) is 5.52. The van der Waals surface area contributed by atoms with Gasteiger partial charge in [-0.3, -0.25) is 4.79 Å². The molecule has 2 aromatic carbocycles. The maximum absolute atomic E-state index is 13.2. The van der Waals surface area contributed by atoms with Gasteiger partial charge in [0.05, 0.1) is 19.8 Å². The molecule has 0 aromatic heterocycles. The Bertz CT molecular complexity index is 1040. The molecular weight excluding hydrogens is 366 g/mol. The first kappa shape index (κ1) is 19.3. The van der Waals surface area contributed by atoms with E-state index in [4.69, 9.17) is 14.2 Å². The van der Waals surface area contributed by atoms with E-state index in [1.165, 1.54) is 0 Å². The molecule has 0 saturated heterocycles. The number of carbonyl (C=O) groups is 1. The van der Waals surface area contributed by atoms with Crippen LogP contribution in [-0.4, -0.2) is 45.0 Å². The minimum absolute atomic E-state index is 0.169. The Labute approximate surface area is 171 Å². The van der Waals surface area contributed by atoms with Crippen molar-refractivity contribution in [3.8, 4) is 17.2 Å². The predicted octanol–water partition coefficient (Wildman–Crippen LogP) is 4.35. The van der Waals surface area contributed by atoms with Gasteiger partial charge in [-0.05, 0) is 43.2 Å². The number of nitrogens with zero attached hydrogens (tertiary/aromatic N) is 1.